The highest BCUT2D eigenvalue weighted by molar-refractivity contribution is 6.30. The Bertz CT molecular complexity index is 434. The van der Waals surface area contributed by atoms with E-state index in [1.165, 1.54) is 0 Å². The molecule has 2 N–H and O–H groups in total. The van der Waals surface area contributed by atoms with E-state index in [9.17, 15) is 9.59 Å². The first-order valence-electron chi connectivity index (χ1n) is 6.02. The normalized spacial score (nSPS) is 10.0. The van der Waals surface area contributed by atoms with Crippen molar-refractivity contribution in [3.05, 3.63) is 29.3 Å². The molecule has 0 spiro atoms. The summed E-state index contributed by atoms with van der Waals surface area (Å²) in [5.41, 5.74) is 0.732. The lowest BCUT2D eigenvalue weighted by atomic mass is 10.2. The molecular formula is C13H17ClN2O3. The van der Waals surface area contributed by atoms with E-state index in [-0.39, 0.29) is 18.9 Å². The van der Waals surface area contributed by atoms with Gasteiger partial charge in [0.25, 0.3) is 0 Å². The molecule has 0 heterocycles. The Morgan fingerprint density at radius 1 is 1.32 bits per heavy atom. The third-order valence-corrected chi connectivity index (χ3v) is 2.75. The molecule has 1 rings (SSSR count). The smallest absolute Gasteiger partial charge is 0.323 e. The monoisotopic (exact) mass is 284 g/mol. The van der Waals surface area contributed by atoms with Gasteiger partial charge in [-0.2, -0.15) is 0 Å². The number of nitrogens with one attached hydrogen (secondary N) is 1. The largest absolute Gasteiger partial charge is 0.480 e. The highest BCUT2D eigenvalue weighted by atomic mass is 35.5. The number of amides is 1. The SMILES string of the molecule is CCNC(=O)CCN(CC(=O)O)c1ccc(Cl)cc1. The first-order valence-corrected chi connectivity index (χ1v) is 6.39. The minimum atomic E-state index is -0.939. The minimum Gasteiger partial charge on any atom is -0.480 e. The molecule has 0 fully saturated rings. The summed E-state index contributed by atoms with van der Waals surface area (Å²) in [4.78, 5) is 23.9. The second kappa shape index (κ2) is 7.63. The van der Waals surface area contributed by atoms with E-state index in [2.05, 4.69) is 5.32 Å². The minimum absolute atomic E-state index is 0.0909. The number of benzene rings is 1. The molecule has 6 heteroatoms. The summed E-state index contributed by atoms with van der Waals surface area (Å²) in [5, 5.41) is 12.2. The average Bonchev–Trinajstić information content (AvgIpc) is 2.35. The predicted octanol–water partition coefficient (Wildman–Crippen LogP) is 1.76. The number of aliphatic carboxylic acids is 1. The van der Waals surface area contributed by atoms with Crippen LogP contribution in [0, 0.1) is 0 Å². The van der Waals surface area contributed by atoms with Crippen molar-refractivity contribution in [2.45, 2.75) is 13.3 Å². The summed E-state index contributed by atoms with van der Waals surface area (Å²) in [6, 6.07) is 6.86. The zero-order valence-corrected chi connectivity index (χ0v) is 11.5. The Balaban J connectivity index is 2.69. The third-order valence-electron chi connectivity index (χ3n) is 2.50. The van der Waals surface area contributed by atoms with Crippen molar-refractivity contribution in [3.63, 3.8) is 0 Å². The molecule has 1 aromatic rings. The van der Waals surface area contributed by atoms with Crippen molar-refractivity contribution in [1.29, 1.82) is 0 Å². The van der Waals surface area contributed by atoms with Crippen LogP contribution in [0.25, 0.3) is 0 Å². The molecule has 0 bridgehead atoms. The Labute approximate surface area is 117 Å². The Morgan fingerprint density at radius 3 is 2.47 bits per heavy atom. The molecule has 0 unspecified atom stereocenters. The molecule has 5 nitrogen and oxygen atoms in total. The summed E-state index contributed by atoms with van der Waals surface area (Å²) in [6.07, 6.45) is 0.254. The van der Waals surface area contributed by atoms with Crippen molar-refractivity contribution in [2.24, 2.45) is 0 Å². The molecule has 104 valence electrons. The van der Waals surface area contributed by atoms with Crippen molar-refractivity contribution in [3.8, 4) is 0 Å². The summed E-state index contributed by atoms with van der Waals surface area (Å²) in [5.74, 6) is -1.03. The van der Waals surface area contributed by atoms with E-state index in [0.29, 0.717) is 18.1 Å². The number of hydrogen-bond acceptors (Lipinski definition) is 3. The van der Waals surface area contributed by atoms with E-state index in [4.69, 9.17) is 16.7 Å². The Hall–Kier alpha value is -1.75. The van der Waals surface area contributed by atoms with Gasteiger partial charge in [-0.25, -0.2) is 0 Å². The van der Waals surface area contributed by atoms with Crippen molar-refractivity contribution < 1.29 is 14.7 Å². The van der Waals surface area contributed by atoms with Crippen LogP contribution < -0.4 is 10.2 Å². The van der Waals surface area contributed by atoms with E-state index in [1.54, 1.807) is 29.2 Å². The van der Waals surface area contributed by atoms with Gasteiger partial charge >= 0.3 is 5.97 Å². The Kier molecular flexibility index (Phi) is 6.15. The van der Waals surface area contributed by atoms with Crippen LogP contribution in [-0.2, 0) is 9.59 Å². The molecule has 0 atom stereocenters. The zero-order chi connectivity index (χ0) is 14.3. The number of carboxylic acids is 1. The molecule has 0 saturated carbocycles. The topological polar surface area (TPSA) is 69.6 Å². The number of carbonyl (C=O) groups excluding carboxylic acids is 1. The summed E-state index contributed by atoms with van der Waals surface area (Å²) in [6.45, 7) is 2.60. The van der Waals surface area contributed by atoms with Gasteiger partial charge in [0.15, 0.2) is 0 Å². The van der Waals surface area contributed by atoms with Gasteiger partial charge in [0.2, 0.25) is 5.91 Å². The predicted molar refractivity (Wildman–Crippen MR) is 74.6 cm³/mol. The molecule has 0 aliphatic heterocycles. The Morgan fingerprint density at radius 2 is 1.95 bits per heavy atom. The number of anilines is 1. The van der Waals surface area contributed by atoms with E-state index in [1.807, 2.05) is 6.92 Å². The van der Waals surface area contributed by atoms with Gasteiger partial charge in [-0.3, -0.25) is 9.59 Å². The van der Waals surface area contributed by atoms with Crippen molar-refractivity contribution in [2.75, 3.05) is 24.5 Å². The van der Waals surface area contributed by atoms with Crippen LogP contribution in [-0.4, -0.2) is 36.6 Å². The maximum absolute atomic E-state index is 11.4. The molecule has 0 saturated heterocycles. The average molecular weight is 285 g/mol. The summed E-state index contributed by atoms with van der Waals surface area (Å²) in [7, 11) is 0. The number of carboxylic acid groups (broad SMARTS) is 1. The molecule has 0 radical (unpaired) electrons. The van der Waals surface area contributed by atoms with Gasteiger partial charge in [-0.1, -0.05) is 11.6 Å². The van der Waals surface area contributed by atoms with Gasteiger partial charge < -0.3 is 15.3 Å². The second-order valence-corrected chi connectivity index (χ2v) is 4.43. The van der Waals surface area contributed by atoms with Gasteiger partial charge in [0.05, 0.1) is 0 Å². The fourth-order valence-electron chi connectivity index (χ4n) is 1.64. The van der Waals surface area contributed by atoms with Crippen LogP contribution in [0.5, 0.6) is 0 Å². The van der Waals surface area contributed by atoms with E-state index >= 15 is 0 Å². The third kappa shape index (κ3) is 5.61. The van der Waals surface area contributed by atoms with E-state index < -0.39 is 5.97 Å². The zero-order valence-electron chi connectivity index (χ0n) is 10.7. The summed E-state index contributed by atoms with van der Waals surface area (Å²) >= 11 is 5.79. The number of carbonyl (C=O) groups is 2. The molecule has 1 amide bonds. The molecule has 0 aliphatic rings. The molecule has 19 heavy (non-hydrogen) atoms. The quantitative estimate of drug-likeness (QED) is 0.800. The summed E-state index contributed by atoms with van der Waals surface area (Å²) < 4.78 is 0. The molecule has 0 aliphatic carbocycles. The van der Waals surface area contributed by atoms with Gasteiger partial charge in [-0.05, 0) is 31.2 Å². The van der Waals surface area contributed by atoms with Crippen LogP contribution in [0.3, 0.4) is 0 Å². The highest BCUT2D eigenvalue weighted by Gasteiger charge is 2.12. The van der Waals surface area contributed by atoms with Crippen LogP contribution in [0.2, 0.25) is 5.02 Å². The fourth-order valence-corrected chi connectivity index (χ4v) is 1.76. The molecule has 1 aromatic carbocycles. The maximum atomic E-state index is 11.4. The molecular weight excluding hydrogens is 268 g/mol. The standard InChI is InChI=1S/C13H17ClN2O3/c1-2-15-12(17)7-8-16(9-13(18)19)11-5-3-10(14)4-6-11/h3-6H,2,7-9H2,1H3,(H,15,17)(H,18,19). The second-order valence-electron chi connectivity index (χ2n) is 4.00. The fraction of sp³-hybridized carbons (Fsp3) is 0.385. The lowest BCUT2D eigenvalue weighted by molar-refractivity contribution is -0.135. The van der Waals surface area contributed by atoms with Crippen LogP contribution >= 0.6 is 11.6 Å². The lowest BCUT2D eigenvalue weighted by Gasteiger charge is -2.22. The van der Waals surface area contributed by atoms with E-state index in [0.717, 1.165) is 5.69 Å². The van der Waals surface area contributed by atoms with Crippen molar-refractivity contribution in [1.82, 2.24) is 5.32 Å². The van der Waals surface area contributed by atoms with Crippen molar-refractivity contribution >= 4 is 29.2 Å². The molecule has 0 aromatic heterocycles. The van der Waals surface area contributed by atoms with Crippen LogP contribution in [0.15, 0.2) is 24.3 Å². The van der Waals surface area contributed by atoms with Gasteiger partial charge in [0.1, 0.15) is 6.54 Å². The number of halogens is 1. The number of nitrogens with zero attached hydrogens (tertiary/aromatic N) is 1. The van der Waals surface area contributed by atoms with Crippen LogP contribution in [0.1, 0.15) is 13.3 Å². The van der Waals surface area contributed by atoms with Crippen LogP contribution in [0.4, 0.5) is 5.69 Å². The number of hydrogen-bond donors (Lipinski definition) is 2. The highest BCUT2D eigenvalue weighted by Crippen LogP contribution is 2.18. The first kappa shape index (κ1) is 15.3. The first-order chi connectivity index (χ1) is 9.02. The number of rotatable bonds is 7. The van der Waals surface area contributed by atoms with Gasteiger partial charge in [-0.15, -0.1) is 0 Å². The van der Waals surface area contributed by atoms with Gasteiger partial charge in [0, 0.05) is 30.2 Å². The lowest BCUT2D eigenvalue weighted by Crippen LogP contribution is -2.34. The maximum Gasteiger partial charge on any atom is 0.323 e.